The molecule has 1 aromatic heterocycles. The summed E-state index contributed by atoms with van der Waals surface area (Å²) in [6.45, 7) is 0.198. The molecule has 0 aliphatic carbocycles. The van der Waals surface area contributed by atoms with Gasteiger partial charge in [-0.1, -0.05) is 18.1 Å². The third-order valence-electron chi connectivity index (χ3n) is 2.60. The van der Waals surface area contributed by atoms with E-state index in [0.29, 0.717) is 11.8 Å². The fourth-order valence-electron chi connectivity index (χ4n) is 1.74. The van der Waals surface area contributed by atoms with E-state index in [0.717, 1.165) is 10.0 Å². The van der Waals surface area contributed by atoms with Crippen LogP contribution in [0.25, 0.3) is 11.5 Å². The van der Waals surface area contributed by atoms with Crippen molar-refractivity contribution in [3.05, 3.63) is 34.6 Å². The molecule has 0 radical (unpaired) electrons. The number of benzene rings is 1. The Hall–Kier alpha value is -2.17. The highest BCUT2D eigenvalue weighted by molar-refractivity contribution is 9.10. The predicted molar refractivity (Wildman–Crippen MR) is 79.2 cm³/mol. The van der Waals surface area contributed by atoms with Crippen molar-refractivity contribution in [3.8, 4) is 23.8 Å². The van der Waals surface area contributed by atoms with Gasteiger partial charge in [0.15, 0.2) is 0 Å². The van der Waals surface area contributed by atoms with E-state index < -0.39 is 5.97 Å². The molecular weight excluding hydrogens is 338 g/mol. The Morgan fingerprint density at radius 2 is 2.19 bits per heavy atom. The zero-order valence-corrected chi connectivity index (χ0v) is 12.6. The fraction of sp³-hybridized carbons (Fsp3) is 0.214. The third kappa shape index (κ3) is 4.15. The van der Waals surface area contributed by atoms with Crippen LogP contribution in [-0.4, -0.2) is 39.3 Å². The SMILES string of the molecule is C#CCN(CC(=O)O)Cc1nnc(-c2ccccc2Br)o1. The van der Waals surface area contributed by atoms with E-state index in [1.165, 1.54) is 4.90 Å². The standard InChI is InChI=1S/C14H12BrN3O3/c1-2-7-18(9-13(19)20)8-12-16-17-14(21-12)10-5-3-4-6-11(10)15/h1,3-6H,7-9H2,(H,19,20). The summed E-state index contributed by atoms with van der Waals surface area (Å²) in [4.78, 5) is 12.3. The summed E-state index contributed by atoms with van der Waals surface area (Å²) in [5, 5.41) is 16.7. The molecule has 0 fully saturated rings. The van der Waals surface area contributed by atoms with E-state index >= 15 is 0 Å². The van der Waals surface area contributed by atoms with Crippen LogP contribution < -0.4 is 0 Å². The summed E-state index contributed by atoms with van der Waals surface area (Å²) in [5.41, 5.74) is 0.776. The number of nitrogens with zero attached hydrogens (tertiary/aromatic N) is 3. The molecule has 0 bridgehead atoms. The van der Waals surface area contributed by atoms with E-state index in [4.69, 9.17) is 15.9 Å². The molecule has 1 heterocycles. The lowest BCUT2D eigenvalue weighted by molar-refractivity contribution is -0.138. The Labute approximate surface area is 129 Å². The van der Waals surface area contributed by atoms with Crippen molar-refractivity contribution in [1.82, 2.24) is 15.1 Å². The van der Waals surface area contributed by atoms with Crippen LogP contribution in [0.3, 0.4) is 0 Å². The average molecular weight is 350 g/mol. The number of terminal acetylenes is 1. The van der Waals surface area contributed by atoms with E-state index in [2.05, 4.69) is 32.0 Å². The zero-order valence-electron chi connectivity index (χ0n) is 11.0. The Morgan fingerprint density at radius 1 is 1.43 bits per heavy atom. The zero-order chi connectivity index (χ0) is 15.2. The van der Waals surface area contributed by atoms with Gasteiger partial charge in [0.2, 0.25) is 11.8 Å². The Bertz CT molecular complexity index is 678. The molecule has 6 nitrogen and oxygen atoms in total. The normalized spacial score (nSPS) is 10.5. The van der Waals surface area contributed by atoms with Crippen LogP contribution in [0.2, 0.25) is 0 Å². The van der Waals surface area contributed by atoms with Crippen LogP contribution in [0.4, 0.5) is 0 Å². The predicted octanol–water partition coefficient (Wildman–Crippen LogP) is 2.02. The summed E-state index contributed by atoms with van der Waals surface area (Å²) < 4.78 is 6.39. The molecule has 0 saturated heterocycles. The van der Waals surface area contributed by atoms with E-state index in [1.54, 1.807) is 0 Å². The van der Waals surface area contributed by atoms with Crippen molar-refractivity contribution < 1.29 is 14.3 Å². The van der Waals surface area contributed by atoms with Gasteiger partial charge in [-0.3, -0.25) is 9.69 Å². The lowest BCUT2D eigenvalue weighted by Crippen LogP contribution is -2.29. The second-order valence-electron chi connectivity index (χ2n) is 4.22. The van der Waals surface area contributed by atoms with Gasteiger partial charge in [-0.15, -0.1) is 16.6 Å². The minimum absolute atomic E-state index is 0.184. The number of carboxylic acid groups (broad SMARTS) is 1. The third-order valence-corrected chi connectivity index (χ3v) is 3.30. The number of rotatable bonds is 6. The molecule has 0 aliphatic heterocycles. The lowest BCUT2D eigenvalue weighted by atomic mass is 10.2. The van der Waals surface area contributed by atoms with Gasteiger partial charge < -0.3 is 9.52 Å². The second-order valence-corrected chi connectivity index (χ2v) is 5.08. The highest BCUT2D eigenvalue weighted by Crippen LogP contribution is 2.26. The van der Waals surface area contributed by atoms with Gasteiger partial charge in [0, 0.05) is 4.47 Å². The van der Waals surface area contributed by atoms with Crippen LogP contribution in [0.5, 0.6) is 0 Å². The maximum Gasteiger partial charge on any atom is 0.317 e. The van der Waals surface area contributed by atoms with Crippen molar-refractivity contribution in [2.75, 3.05) is 13.1 Å². The molecule has 21 heavy (non-hydrogen) atoms. The van der Waals surface area contributed by atoms with Crippen molar-refractivity contribution >= 4 is 21.9 Å². The molecule has 0 unspecified atom stereocenters. The summed E-state index contributed by atoms with van der Waals surface area (Å²) in [6, 6.07) is 7.46. The van der Waals surface area contributed by atoms with Crippen LogP contribution in [-0.2, 0) is 11.3 Å². The molecule has 0 aliphatic rings. The van der Waals surface area contributed by atoms with Gasteiger partial charge in [-0.05, 0) is 28.1 Å². The largest absolute Gasteiger partial charge is 0.480 e. The number of carboxylic acids is 1. The van der Waals surface area contributed by atoms with Crippen molar-refractivity contribution in [3.63, 3.8) is 0 Å². The first kappa shape index (κ1) is 15.2. The van der Waals surface area contributed by atoms with E-state index in [-0.39, 0.29) is 19.6 Å². The monoisotopic (exact) mass is 349 g/mol. The molecule has 0 atom stereocenters. The summed E-state index contributed by atoms with van der Waals surface area (Å²) in [5.74, 6) is 2.13. The molecule has 1 N–H and O–H groups in total. The van der Waals surface area contributed by atoms with Crippen LogP contribution in [0, 0.1) is 12.3 Å². The first-order chi connectivity index (χ1) is 10.1. The topological polar surface area (TPSA) is 79.5 Å². The van der Waals surface area contributed by atoms with Crippen LogP contribution >= 0.6 is 15.9 Å². The molecule has 2 aromatic rings. The summed E-state index contributed by atoms with van der Waals surface area (Å²) in [7, 11) is 0. The van der Waals surface area contributed by atoms with Gasteiger partial charge >= 0.3 is 5.97 Å². The van der Waals surface area contributed by atoms with Gasteiger partial charge in [-0.2, -0.15) is 0 Å². The Morgan fingerprint density at radius 3 is 2.86 bits per heavy atom. The number of aliphatic carboxylic acids is 1. The van der Waals surface area contributed by atoms with Crippen molar-refractivity contribution in [2.24, 2.45) is 0 Å². The summed E-state index contributed by atoms with van der Waals surface area (Å²) >= 11 is 3.41. The minimum Gasteiger partial charge on any atom is -0.480 e. The van der Waals surface area contributed by atoms with Crippen LogP contribution in [0.1, 0.15) is 5.89 Å². The number of carbonyl (C=O) groups is 1. The molecular formula is C14H12BrN3O3. The quantitative estimate of drug-likeness (QED) is 0.803. The van der Waals surface area contributed by atoms with Gasteiger partial charge in [0.1, 0.15) is 0 Å². The smallest absolute Gasteiger partial charge is 0.317 e. The van der Waals surface area contributed by atoms with Gasteiger partial charge in [0.05, 0.1) is 25.2 Å². The van der Waals surface area contributed by atoms with Crippen LogP contribution in [0.15, 0.2) is 33.2 Å². The van der Waals surface area contributed by atoms with Gasteiger partial charge in [0.25, 0.3) is 0 Å². The van der Waals surface area contributed by atoms with E-state index in [1.807, 2.05) is 24.3 Å². The highest BCUT2D eigenvalue weighted by Gasteiger charge is 2.15. The molecule has 0 saturated carbocycles. The van der Waals surface area contributed by atoms with E-state index in [9.17, 15) is 4.79 Å². The van der Waals surface area contributed by atoms with Crippen molar-refractivity contribution in [1.29, 1.82) is 0 Å². The number of hydrogen-bond acceptors (Lipinski definition) is 5. The molecule has 1 aromatic carbocycles. The number of hydrogen-bond donors (Lipinski definition) is 1. The molecule has 7 heteroatoms. The number of halogens is 1. The number of aromatic nitrogens is 2. The molecule has 0 spiro atoms. The van der Waals surface area contributed by atoms with Crippen molar-refractivity contribution in [2.45, 2.75) is 6.54 Å². The summed E-state index contributed by atoms with van der Waals surface area (Å²) in [6.07, 6.45) is 5.22. The maximum absolute atomic E-state index is 10.8. The Balaban J connectivity index is 2.14. The average Bonchev–Trinajstić information content (AvgIpc) is 2.87. The Kier molecular flexibility index (Phi) is 5.09. The highest BCUT2D eigenvalue weighted by atomic mass is 79.9. The first-order valence-corrected chi connectivity index (χ1v) is 6.84. The lowest BCUT2D eigenvalue weighted by Gasteiger charge is -2.14. The molecule has 2 rings (SSSR count). The minimum atomic E-state index is -0.962. The molecule has 108 valence electrons. The first-order valence-electron chi connectivity index (χ1n) is 6.05. The van der Waals surface area contributed by atoms with Gasteiger partial charge in [-0.25, -0.2) is 0 Å². The maximum atomic E-state index is 10.8. The fourth-order valence-corrected chi connectivity index (χ4v) is 2.19. The second kappa shape index (κ2) is 7.02. The molecule has 0 amide bonds.